The molecule has 0 aromatic heterocycles. The minimum atomic E-state index is -5.84. The van der Waals surface area contributed by atoms with Crippen molar-refractivity contribution in [1.29, 1.82) is 0 Å². The fourth-order valence-corrected chi connectivity index (χ4v) is 4.38. The first-order valence-electron chi connectivity index (χ1n) is 9.55. The number of para-hydroxylation sites is 1. The molecule has 0 heterocycles. The number of hydrogen-bond donors (Lipinski definition) is 0. The summed E-state index contributed by atoms with van der Waals surface area (Å²) in [6, 6.07) is 15.1. The molecule has 0 aliphatic heterocycles. The van der Waals surface area contributed by atoms with Gasteiger partial charge in [-0.05, 0) is 58.9 Å². The van der Waals surface area contributed by atoms with E-state index >= 15 is 0 Å². The van der Waals surface area contributed by atoms with Gasteiger partial charge in [-0.3, -0.25) is 0 Å². The van der Waals surface area contributed by atoms with E-state index in [9.17, 15) is 21.6 Å². The summed E-state index contributed by atoms with van der Waals surface area (Å²) in [4.78, 5) is 0. The van der Waals surface area contributed by atoms with Crippen molar-refractivity contribution in [2.24, 2.45) is 0 Å². The van der Waals surface area contributed by atoms with Crippen LogP contribution in [0.4, 0.5) is 13.2 Å². The van der Waals surface area contributed by atoms with Crippen molar-refractivity contribution in [3.05, 3.63) is 71.3 Å². The quantitative estimate of drug-likeness (QED) is 0.226. The zero-order valence-electron chi connectivity index (χ0n) is 16.9. The second-order valence-electron chi connectivity index (χ2n) is 7.21. The van der Waals surface area contributed by atoms with Gasteiger partial charge >= 0.3 is 15.6 Å². The Labute approximate surface area is 183 Å². The maximum absolute atomic E-state index is 13.0. The number of alkyl halides is 3. The van der Waals surface area contributed by atoms with Crippen LogP contribution in [0.2, 0.25) is 0 Å². The molecule has 0 amide bonds. The number of ether oxygens (including phenoxy) is 1. The molecule has 0 fully saturated rings. The van der Waals surface area contributed by atoms with Crippen LogP contribution in [0.5, 0.6) is 11.5 Å². The van der Waals surface area contributed by atoms with Gasteiger partial charge in [0.1, 0.15) is 12.4 Å². The van der Waals surface area contributed by atoms with E-state index in [1.54, 1.807) is 12.1 Å². The third kappa shape index (κ3) is 3.69. The van der Waals surface area contributed by atoms with Gasteiger partial charge in [0.15, 0.2) is 5.75 Å². The average Bonchev–Trinajstić information content (AvgIpc) is 3.13. The monoisotopic (exact) mass is 458 g/mol. The highest BCUT2D eigenvalue weighted by Crippen LogP contribution is 2.48. The summed E-state index contributed by atoms with van der Waals surface area (Å²) >= 11 is 0. The Balaban J connectivity index is 1.94. The van der Waals surface area contributed by atoms with Gasteiger partial charge < -0.3 is 8.92 Å². The normalized spacial score (nSPS) is 12.6. The Bertz CT molecular complexity index is 1350. The molecule has 0 saturated carbocycles. The van der Waals surface area contributed by atoms with E-state index in [0.29, 0.717) is 17.7 Å². The lowest BCUT2D eigenvalue weighted by atomic mass is 9.91. The summed E-state index contributed by atoms with van der Waals surface area (Å²) in [6.07, 6.45) is 5.86. The first-order chi connectivity index (χ1) is 15.1. The number of benzene rings is 3. The average molecular weight is 458 g/mol. The van der Waals surface area contributed by atoms with E-state index in [2.05, 4.69) is 10.1 Å². The zero-order valence-corrected chi connectivity index (χ0v) is 17.7. The largest absolute Gasteiger partial charge is 0.534 e. The molecule has 0 N–H and O–H groups in total. The summed E-state index contributed by atoms with van der Waals surface area (Å²) < 4.78 is 72.5. The predicted molar refractivity (Wildman–Crippen MR) is 115 cm³/mol. The molecule has 0 radical (unpaired) electrons. The van der Waals surface area contributed by atoms with Crippen LogP contribution in [0.25, 0.3) is 22.3 Å². The Morgan fingerprint density at radius 1 is 1.00 bits per heavy atom. The van der Waals surface area contributed by atoms with Gasteiger partial charge in [0.05, 0.1) is 0 Å². The molecule has 164 valence electrons. The fourth-order valence-electron chi connectivity index (χ4n) is 3.90. The molecule has 1 aliphatic carbocycles. The summed E-state index contributed by atoms with van der Waals surface area (Å²) in [6.45, 7) is 1.88. The van der Waals surface area contributed by atoms with Crippen molar-refractivity contribution in [2.45, 2.75) is 18.9 Å². The minimum absolute atomic E-state index is 0.00130. The van der Waals surface area contributed by atoms with Gasteiger partial charge in [-0.1, -0.05) is 48.4 Å². The maximum Gasteiger partial charge on any atom is 0.534 e. The molecule has 0 unspecified atom stereocenters. The third-order valence-corrected chi connectivity index (χ3v) is 6.24. The summed E-state index contributed by atoms with van der Waals surface area (Å²) in [5.74, 6) is 2.44. The second-order valence-corrected chi connectivity index (χ2v) is 8.74. The number of hydrogen-bond acceptors (Lipinski definition) is 4. The molecule has 0 saturated heterocycles. The molecule has 4 nitrogen and oxygen atoms in total. The topological polar surface area (TPSA) is 52.6 Å². The Morgan fingerprint density at radius 2 is 1.66 bits per heavy atom. The van der Waals surface area contributed by atoms with Crippen LogP contribution in [0.15, 0.2) is 54.6 Å². The van der Waals surface area contributed by atoms with Crippen LogP contribution >= 0.6 is 0 Å². The lowest BCUT2D eigenvalue weighted by Gasteiger charge is -2.19. The number of halogens is 3. The molecular formula is C24H17F3O4S. The van der Waals surface area contributed by atoms with Crippen molar-refractivity contribution in [3.8, 4) is 46.1 Å². The van der Waals surface area contributed by atoms with E-state index < -0.39 is 21.4 Å². The minimum Gasteiger partial charge on any atom is -0.481 e. The molecule has 0 bridgehead atoms. The van der Waals surface area contributed by atoms with Gasteiger partial charge in [0.25, 0.3) is 0 Å². The molecule has 1 aliphatic rings. The SMILES string of the molecule is C#CCOc1cc(-c2ccccc2OS(=O)(=O)C(F)(F)F)c2c(c1C)-c1ccccc1C2. The van der Waals surface area contributed by atoms with Gasteiger partial charge in [0.2, 0.25) is 0 Å². The van der Waals surface area contributed by atoms with Gasteiger partial charge in [-0.2, -0.15) is 21.6 Å². The maximum atomic E-state index is 13.0. The van der Waals surface area contributed by atoms with E-state index in [4.69, 9.17) is 11.2 Å². The van der Waals surface area contributed by atoms with Crippen LogP contribution in [-0.4, -0.2) is 20.5 Å². The Hall–Kier alpha value is -3.44. The predicted octanol–water partition coefficient (Wildman–Crippen LogP) is 5.47. The summed E-state index contributed by atoms with van der Waals surface area (Å²) in [5, 5.41) is 0. The molecule has 4 rings (SSSR count). The van der Waals surface area contributed by atoms with Crippen molar-refractivity contribution in [3.63, 3.8) is 0 Å². The summed E-state index contributed by atoms with van der Waals surface area (Å²) in [7, 11) is -5.84. The lowest BCUT2D eigenvalue weighted by molar-refractivity contribution is -0.0499. The molecule has 0 spiro atoms. The zero-order chi connectivity index (χ0) is 23.1. The van der Waals surface area contributed by atoms with Gasteiger partial charge in [-0.15, -0.1) is 6.42 Å². The highest BCUT2D eigenvalue weighted by atomic mass is 32.2. The Morgan fingerprint density at radius 3 is 2.34 bits per heavy atom. The van der Waals surface area contributed by atoms with Crippen molar-refractivity contribution in [2.75, 3.05) is 6.61 Å². The molecule has 8 heteroatoms. The molecule has 0 atom stereocenters. The molecule has 32 heavy (non-hydrogen) atoms. The van der Waals surface area contributed by atoms with Crippen LogP contribution in [0.3, 0.4) is 0 Å². The molecule has 3 aromatic rings. The van der Waals surface area contributed by atoms with Crippen LogP contribution < -0.4 is 8.92 Å². The number of fused-ring (bicyclic) bond motifs is 3. The van der Waals surface area contributed by atoms with Crippen LogP contribution in [0.1, 0.15) is 16.7 Å². The first kappa shape index (κ1) is 21.8. The van der Waals surface area contributed by atoms with E-state index in [-0.39, 0.29) is 12.2 Å². The summed E-state index contributed by atoms with van der Waals surface area (Å²) in [5.41, 5.74) is -0.235. The van der Waals surface area contributed by atoms with Crippen molar-refractivity contribution < 1.29 is 30.5 Å². The van der Waals surface area contributed by atoms with Gasteiger partial charge in [0, 0.05) is 5.56 Å². The molecular weight excluding hydrogens is 441 g/mol. The van der Waals surface area contributed by atoms with Crippen LogP contribution in [0, 0.1) is 19.3 Å². The fraction of sp³-hybridized carbons (Fsp3) is 0.167. The first-order valence-corrected chi connectivity index (χ1v) is 11.0. The third-order valence-electron chi connectivity index (χ3n) is 5.27. The lowest BCUT2D eigenvalue weighted by Crippen LogP contribution is -2.28. The standard InChI is InChI=1S/C24H17F3O4S/c1-3-12-30-22-14-19(20-13-16-8-4-5-9-17(16)23(20)15(22)2)18-10-6-7-11-21(18)31-32(28,29)24(25,26)27/h1,4-11,14H,12-13H2,2H3. The highest BCUT2D eigenvalue weighted by Gasteiger charge is 2.48. The van der Waals surface area contributed by atoms with E-state index in [1.165, 1.54) is 18.2 Å². The van der Waals surface area contributed by atoms with Gasteiger partial charge in [-0.25, -0.2) is 0 Å². The van der Waals surface area contributed by atoms with E-state index in [1.807, 2.05) is 31.2 Å². The smallest absolute Gasteiger partial charge is 0.481 e. The second kappa shape index (κ2) is 7.92. The number of terminal acetylenes is 1. The number of rotatable bonds is 5. The molecule has 3 aromatic carbocycles. The highest BCUT2D eigenvalue weighted by molar-refractivity contribution is 7.88. The van der Waals surface area contributed by atoms with Crippen LogP contribution in [-0.2, 0) is 16.5 Å². The Kier molecular flexibility index (Phi) is 5.39. The van der Waals surface area contributed by atoms with Crippen molar-refractivity contribution >= 4 is 10.1 Å². The van der Waals surface area contributed by atoms with E-state index in [0.717, 1.165) is 27.8 Å². The van der Waals surface area contributed by atoms with Crippen molar-refractivity contribution in [1.82, 2.24) is 0 Å².